The van der Waals surface area contributed by atoms with Crippen molar-refractivity contribution in [1.82, 2.24) is 20.2 Å². The zero-order valence-corrected chi connectivity index (χ0v) is 15.7. The summed E-state index contributed by atoms with van der Waals surface area (Å²) in [6.07, 6.45) is 5.09. The molecular weight excluding hydrogens is 352 g/mol. The first-order chi connectivity index (χ1) is 13.7. The smallest absolute Gasteiger partial charge is 0.309 e. The van der Waals surface area contributed by atoms with E-state index in [0.717, 1.165) is 17.0 Å². The molecule has 6 heteroatoms. The second-order valence-electron chi connectivity index (χ2n) is 6.41. The molecule has 0 saturated carbocycles. The quantitative estimate of drug-likeness (QED) is 0.468. The van der Waals surface area contributed by atoms with E-state index in [9.17, 15) is 9.59 Å². The Morgan fingerprint density at radius 3 is 2.21 bits per heavy atom. The standard InChI is InChI=1S/C22H24N4O2/c27-21(22(28)25-14-12-18-8-3-1-4-9-18)24-13-7-16-26-17-15-23-20(26)19-10-5-2-6-11-19/h1-6,8-11,15,17H,7,12-14,16H2,(H,24,27)(H,25,28). The summed E-state index contributed by atoms with van der Waals surface area (Å²) in [4.78, 5) is 28.1. The lowest BCUT2D eigenvalue weighted by atomic mass is 10.1. The van der Waals surface area contributed by atoms with Crippen LogP contribution in [0.2, 0.25) is 0 Å². The summed E-state index contributed by atoms with van der Waals surface area (Å²) in [5.74, 6) is -0.295. The van der Waals surface area contributed by atoms with Crippen LogP contribution in [0.15, 0.2) is 73.1 Å². The lowest BCUT2D eigenvalue weighted by Gasteiger charge is -2.09. The first kappa shape index (κ1) is 19.4. The van der Waals surface area contributed by atoms with Crippen molar-refractivity contribution in [3.63, 3.8) is 0 Å². The van der Waals surface area contributed by atoms with E-state index < -0.39 is 11.8 Å². The van der Waals surface area contributed by atoms with Crippen LogP contribution in [0.25, 0.3) is 11.4 Å². The lowest BCUT2D eigenvalue weighted by Crippen LogP contribution is -2.41. The molecule has 2 amide bonds. The molecule has 1 aromatic heterocycles. The lowest BCUT2D eigenvalue weighted by molar-refractivity contribution is -0.139. The third-order valence-electron chi connectivity index (χ3n) is 4.36. The Kier molecular flexibility index (Phi) is 6.95. The minimum absolute atomic E-state index is 0.428. The molecule has 144 valence electrons. The molecule has 0 spiro atoms. The third-order valence-corrected chi connectivity index (χ3v) is 4.36. The molecule has 0 aliphatic heterocycles. The van der Waals surface area contributed by atoms with Crippen LogP contribution in [0.5, 0.6) is 0 Å². The number of carbonyl (C=O) groups is 2. The van der Waals surface area contributed by atoms with Gasteiger partial charge in [0.25, 0.3) is 0 Å². The summed E-state index contributed by atoms with van der Waals surface area (Å²) in [5, 5.41) is 5.32. The van der Waals surface area contributed by atoms with Crippen LogP contribution in [0.1, 0.15) is 12.0 Å². The first-order valence-electron chi connectivity index (χ1n) is 9.40. The highest BCUT2D eigenvalue weighted by Gasteiger charge is 2.12. The van der Waals surface area contributed by atoms with Gasteiger partial charge in [0, 0.05) is 37.6 Å². The van der Waals surface area contributed by atoms with Crippen LogP contribution in [0.3, 0.4) is 0 Å². The van der Waals surface area contributed by atoms with Crippen LogP contribution in [0, 0.1) is 0 Å². The predicted molar refractivity (Wildman–Crippen MR) is 108 cm³/mol. The van der Waals surface area contributed by atoms with Gasteiger partial charge in [-0.2, -0.15) is 0 Å². The Balaban J connectivity index is 1.37. The number of nitrogens with one attached hydrogen (secondary N) is 2. The molecule has 0 aliphatic carbocycles. The molecule has 0 saturated heterocycles. The van der Waals surface area contributed by atoms with Crippen molar-refractivity contribution in [2.75, 3.05) is 13.1 Å². The second-order valence-corrected chi connectivity index (χ2v) is 6.41. The zero-order chi connectivity index (χ0) is 19.6. The maximum Gasteiger partial charge on any atom is 0.309 e. The van der Waals surface area contributed by atoms with E-state index in [1.54, 1.807) is 6.20 Å². The van der Waals surface area contributed by atoms with Crippen molar-refractivity contribution in [3.05, 3.63) is 78.6 Å². The highest BCUT2D eigenvalue weighted by atomic mass is 16.2. The van der Waals surface area contributed by atoms with Gasteiger partial charge in [-0.1, -0.05) is 60.7 Å². The molecular formula is C22H24N4O2. The fraction of sp³-hybridized carbons (Fsp3) is 0.227. The molecule has 0 atom stereocenters. The van der Waals surface area contributed by atoms with Crippen molar-refractivity contribution in [2.45, 2.75) is 19.4 Å². The number of benzene rings is 2. The Bertz CT molecular complexity index is 891. The number of hydrogen-bond donors (Lipinski definition) is 2. The molecule has 0 aliphatic rings. The summed E-state index contributed by atoms with van der Waals surface area (Å²) >= 11 is 0. The topological polar surface area (TPSA) is 76.0 Å². The molecule has 0 radical (unpaired) electrons. The minimum atomic E-state index is -0.595. The molecule has 0 fully saturated rings. The SMILES string of the molecule is O=C(NCCCn1ccnc1-c1ccccc1)C(=O)NCCc1ccccc1. The van der Waals surface area contributed by atoms with E-state index in [0.29, 0.717) is 32.5 Å². The van der Waals surface area contributed by atoms with Crippen LogP contribution in [-0.4, -0.2) is 34.5 Å². The van der Waals surface area contributed by atoms with Gasteiger partial charge in [0.2, 0.25) is 0 Å². The highest BCUT2D eigenvalue weighted by Crippen LogP contribution is 2.16. The number of hydrogen-bond acceptors (Lipinski definition) is 3. The van der Waals surface area contributed by atoms with Gasteiger partial charge in [-0.05, 0) is 18.4 Å². The number of carbonyl (C=O) groups excluding carboxylic acids is 2. The van der Waals surface area contributed by atoms with E-state index in [1.807, 2.05) is 71.4 Å². The largest absolute Gasteiger partial charge is 0.348 e. The van der Waals surface area contributed by atoms with Gasteiger partial charge in [-0.15, -0.1) is 0 Å². The van der Waals surface area contributed by atoms with Crippen LogP contribution in [-0.2, 0) is 22.6 Å². The van der Waals surface area contributed by atoms with Crippen molar-refractivity contribution < 1.29 is 9.59 Å². The van der Waals surface area contributed by atoms with Gasteiger partial charge in [-0.3, -0.25) is 9.59 Å². The summed E-state index contributed by atoms with van der Waals surface area (Å²) < 4.78 is 2.04. The van der Waals surface area contributed by atoms with Crippen molar-refractivity contribution >= 4 is 11.8 Å². The number of aryl methyl sites for hydroxylation is 1. The number of rotatable bonds is 8. The molecule has 1 heterocycles. The van der Waals surface area contributed by atoms with Crippen LogP contribution < -0.4 is 10.6 Å². The van der Waals surface area contributed by atoms with Crippen LogP contribution in [0.4, 0.5) is 0 Å². The maximum atomic E-state index is 11.9. The summed E-state index contributed by atoms with van der Waals surface area (Å²) in [6, 6.07) is 19.8. The van der Waals surface area contributed by atoms with Crippen molar-refractivity contribution in [2.24, 2.45) is 0 Å². The van der Waals surface area contributed by atoms with Crippen molar-refractivity contribution in [3.8, 4) is 11.4 Å². The molecule has 2 N–H and O–H groups in total. The minimum Gasteiger partial charge on any atom is -0.348 e. The molecule has 28 heavy (non-hydrogen) atoms. The van der Waals surface area contributed by atoms with E-state index in [2.05, 4.69) is 15.6 Å². The van der Waals surface area contributed by atoms with Gasteiger partial charge in [0.05, 0.1) is 0 Å². The van der Waals surface area contributed by atoms with Gasteiger partial charge in [0.1, 0.15) is 5.82 Å². The Morgan fingerprint density at radius 2 is 1.50 bits per heavy atom. The molecule has 3 aromatic rings. The third kappa shape index (κ3) is 5.54. The molecule has 0 bridgehead atoms. The highest BCUT2D eigenvalue weighted by molar-refractivity contribution is 6.35. The number of aromatic nitrogens is 2. The Morgan fingerprint density at radius 1 is 0.857 bits per heavy atom. The van der Waals surface area contributed by atoms with E-state index in [1.165, 1.54) is 0 Å². The predicted octanol–water partition coefficient (Wildman–Crippen LogP) is 2.42. The van der Waals surface area contributed by atoms with Gasteiger partial charge < -0.3 is 15.2 Å². The summed E-state index contributed by atoms with van der Waals surface area (Å²) in [7, 11) is 0. The molecule has 0 unspecified atom stereocenters. The summed E-state index contributed by atoms with van der Waals surface area (Å²) in [6.45, 7) is 1.57. The normalized spacial score (nSPS) is 10.4. The van der Waals surface area contributed by atoms with Crippen molar-refractivity contribution in [1.29, 1.82) is 0 Å². The Hall–Kier alpha value is -3.41. The second kappa shape index (κ2) is 10.1. The van der Waals surface area contributed by atoms with Gasteiger partial charge in [-0.25, -0.2) is 4.98 Å². The van der Waals surface area contributed by atoms with E-state index in [-0.39, 0.29) is 0 Å². The monoisotopic (exact) mass is 376 g/mol. The average Bonchev–Trinajstić information content (AvgIpc) is 3.21. The molecule has 6 nitrogen and oxygen atoms in total. The van der Waals surface area contributed by atoms with Gasteiger partial charge in [0.15, 0.2) is 0 Å². The zero-order valence-electron chi connectivity index (χ0n) is 15.7. The number of amides is 2. The summed E-state index contributed by atoms with van der Waals surface area (Å²) in [5.41, 5.74) is 2.17. The average molecular weight is 376 g/mol. The molecule has 2 aromatic carbocycles. The maximum absolute atomic E-state index is 11.9. The fourth-order valence-corrected chi connectivity index (χ4v) is 2.91. The Labute approximate surface area is 164 Å². The fourth-order valence-electron chi connectivity index (χ4n) is 2.91. The van der Waals surface area contributed by atoms with E-state index >= 15 is 0 Å². The molecule has 3 rings (SSSR count). The van der Waals surface area contributed by atoms with E-state index in [4.69, 9.17) is 0 Å². The first-order valence-corrected chi connectivity index (χ1v) is 9.40. The number of imidazole rings is 1. The van der Waals surface area contributed by atoms with Crippen LogP contribution >= 0.6 is 0 Å². The number of nitrogens with zero attached hydrogens (tertiary/aromatic N) is 2. The van der Waals surface area contributed by atoms with Gasteiger partial charge >= 0.3 is 11.8 Å².